The average Bonchev–Trinajstić information content (AvgIpc) is 1.85. The number of ether oxygens (including phenoxy) is 1. The normalized spacial score (nSPS) is 32.3. The van der Waals surface area contributed by atoms with E-state index in [1.807, 2.05) is 0 Å². The van der Waals surface area contributed by atoms with E-state index in [2.05, 4.69) is 0 Å². The van der Waals surface area contributed by atoms with Crippen molar-refractivity contribution in [2.45, 2.75) is 25.0 Å². The van der Waals surface area contributed by atoms with E-state index >= 15 is 0 Å². The van der Waals surface area contributed by atoms with Gasteiger partial charge in [0.15, 0.2) is 0 Å². The van der Waals surface area contributed by atoms with Gasteiger partial charge in [0.1, 0.15) is 6.10 Å². The van der Waals surface area contributed by atoms with Crippen molar-refractivity contribution in [3.8, 4) is 0 Å². The Bertz CT molecular complexity index is 175. The van der Waals surface area contributed by atoms with Crippen molar-refractivity contribution < 1.29 is 19.7 Å². The van der Waals surface area contributed by atoms with Gasteiger partial charge in [0.25, 0.3) is 0 Å². The molecule has 2 atom stereocenters. The van der Waals surface area contributed by atoms with Crippen LogP contribution in [0.25, 0.3) is 0 Å². The standard InChI is InChI=1S/C7H10O4/c8-2-1-6-3-5(9)4-7(10)11-6/h1-2,5-6,8-9H,3-4H2/b2-1+/t5-,6?/m1/s1. The summed E-state index contributed by atoms with van der Waals surface area (Å²) in [6.45, 7) is 0. The molecule has 1 aliphatic heterocycles. The minimum absolute atomic E-state index is 0.0514. The molecule has 1 heterocycles. The Morgan fingerprint density at radius 3 is 2.91 bits per heavy atom. The maximum atomic E-state index is 10.7. The second kappa shape index (κ2) is 3.39. The highest BCUT2D eigenvalue weighted by atomic mass is 16.5. The van der Waals surface area contributed by atoms with E-state index < -0.39 is 18.2 Å². The van der Waals surface area contributed by atoms with Gasteiger partial charge in [0.2, 0.25) is 0 Å². The number of rotatable bonds is 1. The number of cyclic esters (lactones) is 1. The molecule has 2 N–H and O–H groups in total. The van der Waals surface area contributed by atoms with Gasteiger partial charge >= 0.3 is 5.97 Å². The second-order valence-electron chi connectivity index (χ2n) is 2.46. The van der Waals surface area contributed by atoms with E-state index in [1.165, 1.54) is 6.08 Å². The van der Waals surface area contributed by atoms with Gasteiger partial charge in [-0.05, 0) is 6.08 Å². The van der Waals surface area contributed by atoms with Crippen molar-refractivity contribution in [3.63, 3.8) is 0 Å². The molecule has 0 aromatic heterocycles. The Hall–Kier alpha value is -1.03. The lowest BCUT2D eigenvalue weighted by Crippen LogP contribution is -2.31. The second-order valence-corrected chi connectivity index (χ2v) is 2.46. The molecule has 0 radical (unpaired) electrons. The molecule has 0 spiro atoms. The van der Waals surface area contributed by atoms with E-state index in [1.54, 1.807) is 0 Å². The fraction of sp³-hybridized carbons (Fsp3) is 0.571. The van der Waals surface area contributed by atoms with Gasteiger partial charge in [0, 0.05) is 6.42 Å². The molecule has 62 valence electrons. The van der Waals surface area contributed by atoms with Gasteiger partial charge in [-0.1, -0.05) is 0 Å². The minimum Gasteiger partial charge on any atom is -0.516 e. The van der Waals surface area contributed by atoms with Gasteiger partial charge < -0.3 is 14.9 Å². The largest absolute Gasteiger partial charge is 0.516 e. The summed E-state index contributed by atoms with van der Waals surface area (Å²) in [4.78, 5) is 10.7. The Kier molecular flexibility index (Phi) is 2.48. The van der Waals surface area contributed by atoms with Crippen molar-refractivity contribution in [2.75, 3.05) is 0 Å². The van der Waals surface area contributed by atoms with Crippen LogP contribution in [0, 0.1) is 0 Å². The average molecular weight is 158 g/mol. The monoisotopic (exact) mass is 158 g/mol. The first-order chi connectivity index (χ1) is 5.22. The summed E-state index contributed by atoms with van der Waals surface area (Å²) in [5, 5.41) is 17.4. The van der Waals surface area contributed by atoms with Crippen molar-refractivity contribution in [3.05, 3.63) is 12.3 Å². The van der Waals surface area contributed by atoms with Crippen LogP contribution in [0.3, 0.4) is 0 Å². The molecule has 1 fully saturated rings. The summed E-state index contributed by atoms with van der Waals surface area (Å²) in [6.07, 6.45) is 1.45. The Morgan fingerprint density at radius 2 is 2.36 bits per heavy atom. The summed E-state index contributed by atoms with van der Waals surface area (Å²) in [5.74, 6) is -0.424. The van der Waals surface area contributed by atoms with Crippen LogP contribution in [-0.2, 0) is 9.53 Å². The van der Waals surface area contributed by atoms with Gasteiger partial charge in [-0.15, -0.1) is 0 Å². The number of aliphatic hydroxyl groups excluding tert-OH is 2. The molecule has 0 aromatic rings. The molecule has 0 aliphatic carbocycles. The molecule has 1 unspecified atom stereocenters. The SMILES string of the molecule is O=C1C[C@H](O)CC(/C=C/O)O1. The fourth-order valence-electron chi connectivity index (χ4n) is 1.02. The van der Waals surface area contributed by atoms with Gasteiger partial charge in [-0.3, -0.25) is 4.79 Å². The van der Waals surface area contributed by atoms with E-state index in [0.29, 0.717) is 6.42 Å². The maximum absolute atomic E-state index is 10.7. The van der Waals surface area contributed by atoms with E-state index in [-0.39, 0.29) is 6.42 Å². The topological polar surface area (TPSA) is 66.8 Å². The highest BCUT2D eigenvalue weighted by Crippen LogP contribution is 2.15. The number of aliphatic hydroxyl groups is 2. The first-order valence-electron chi connectivity index (χ1n) is 3.41. The third kappa shape index (κ3) is 2.23. The van der Waals surface area contributed by atoms with Crippen LogP contribution >= 0.6 is 0 Å². The smallest absolute Gasteiger partial charge is 0.309 e. The predicted octanol–water partition coefficient (Wildman–Crippen LogP) is 0.125. The molecule has 0 saturated carbocycles. The maximum Gasteiger partial charge on any atom is 0.309 e. The molecule has 4 heteroatoms. The van der Waals surface area contributed by atoms with Crippen molar-refractivity contribution in [1.29, 1.82) is 0 Å². The molecule has 0 amide bonds. The molecule has 0 bridgehead atoms. The summed E-state index contributed by atoms with van der Waals surface area (Å²) in [5.41, 5.74) is 0. The van der Waals surface area contributed by atoms with E-state index in [4.69, 9.17) is 14.9 Å². The zero-order valence-corrected chi connectivity index (χ0v) is 5.93. The summed E-state index contributed by atoms with van der Waals surface area (Å²) < 4.78 is 4.75. The highest BCUT2D eigenvalue weighted by Gasteiger charge is 2.25. The number of hydrogen-bond acceptors (Lipinski definition) is 4. The zero-order valence-electron chi connectivity index (χ0n) is 5.93. The highest BCUT2D eigenvalue weighted by molar-refractivity contribution is 5.71. The Balaban J connectivity index is 2.49. The lowest BCUT2D eigenvalue weighted by Gasteiger charge is -2.22. The molecule has 1 saturated heterocycles. The first-order valence-corrected chi connectivity index (χ1v) is 3.41. The zero-order chi connectivity index (χ0) is 8.27. The van der Waals surface area contributed by atoms with Crippen LogP contribution < -0.4 is 0 Å². The molecule has 1 aliphatic rings. The van der Waals surface area contributed by atoms with Crippen LogP contribution in [0.5, 0.6) is 0 Å². The lowest BCUT2D eigenvalue weighted by atomic mass is 10.1. The van der Waals surface area contributed by atoms with Gasteiger partial charge in [-0.2, -0.15) is 0 Å². The molecule has 11 heavy (non-hydrogen) atoms. The molecular weight excluding hydrogens is 148 g/mol. The molecule has 4 nitrogen and oxygen atoms in total. The van der Waals surface area contributed by atoms with E-state index in [0.717, 1.165) is 6.26 Å². The third-order valence-corrected chi connectivity index (χ3v) is 1.49. The first kappa shape index (κ1) is 8.07. The van der Waals surface area contributed by atoms with Crippen molar-refractivity contribution in [2.24, 2.45) is 0 Å². The van der Waals surface area contributed by atoms with Crippen LogP contribution in [-0.4, -0.2) is 28.4 Å². The fourth-order valence-corrected chi connectivity index (χ4v) is 1.02. The van der Waals surface area contributed by atoms with E-state index in [9.17, 15) is 4.79 Å². The summed E-state index contributed by atoms with van der Waals surface area (Å²) in [6, 6.07) is 0. The van der Waals surface area contributed by atoms with Gasteiger partial charge in [0.05, 0.1) is 18.8 Å². The van der Waals surface area contributed by atoms with Crippen molar-refractivity contribution >= 4 is 5.97 Å². The van der Waals surface area contributed by atoms with Crippen LogP contribution in [0.15, 0.2) is 12.3 Å². The summed E-state index contributed by atoms with van der Waals surface area (Å²) in [7, 11) is 0. The molecule has 1 rings (SSSR count). The molecule has 0 aromatic carbocycles. The Morgan fingerprint density at radius 1 is 1.64 bits per heavy atom. The number of hydrogen-bond donors (Lipinski definition) is 2. The Labute approximate surface area is 64.1 Å². The van der Waals surface area contributed by atoms with Crippen LogP contribution in [0.1, 0.15) is 12.8 Å². The number of carbonyl (C=O) groups is 1. The minimum atomic E-state index is -0.641. The van der Waals surface area contributed by atoms with Crippen molar-refractivity contribution in [1.82, 2.24) is 0 Å². The van der Waals surface area contributed by atoms with Crippen LogP contribution in [0.2, 0.25) is 0 Å². The third-order valence-electron chi connectivity index (χ3n) is 1.49. The molecular formula is C7H10O4. The number of carbonyl (C=O) groups excluding carboxylic acids is 1. The van der Waals surface area contributed by atoms with Crippen LogP contribution in [0.4, 0.5) is 0 Å². The van der Waals surface area contributed by atoms with Gasteiger partial charge in [-0.25, -0.2) is 0 Å². The summed E-state index contributed by atoms with van der Waals surface area (Å²) >= 11 is 0. The predicted molar refractivity (Wildman–Crippen MR) is 36.9 cm³/mol. The quantitative estimate of drug-likeness (QED) is 0.420. The number of esters is 1. The lowest BCUT2D eigenvalue weighted by molar-refractivity contribution is -0.156.